The molecule has 7 rings (SSSR count). The van der Waals surface area contributed by atoms with E-state index in [0.717, 1.165) is 47.5 Å². The number of aromatic amines is 1. The number of aromatic nitrogens is 3. The van der Waals surface area contributed by atoms with Gasteiger partial charge in [0, 0.05) is 40.8 Å². The molecule has 0 radical (unpaired) electrons. The van der Waals surface area contributed by atoms with Crippen LogP contribution in [0.2, 0.25) is 0 Å². The molecule has 2 aliphatic heterocycles. The summed E-state index contributed by atoms with van der Waals surface area (Å²) in [7, 11) is 0. The first kappa shape index (κ1) is 20.4. The van der Waals surface area contributed by atoms with E-state index in [1.807, 2.05) is 6.20 Å². The van der Waals surface area contributed by atoms with Gasteiger partial charge in [0.05, 0.1) is 18.9 Å². The van der Waals surface area contributed by atoms with Gasteiger partial charge in [-0.3, -0.25) is 10.00 Å². The lowest BCUT2D eigenvalue weighted by Gasteiger charge is -2.56. The molecule has 1 N–H and O–H groups in total. The van der Waals surface area contributed by atoms with Crippen molar-refractivity contribution in [2.75, 3.05) is 13.2 Å². The summed E-state index contributed by atoms with van der Waals surface area (Å²) in [6.07, 6.45) is 8.14. The van der Waals surface area contributed by atoms with Crippen molar-refractivity contribution in [1.82, 2.24) is 20.1 Å². The molecule has 4 aromatic rings. The van der Waals surface area contributed by atoms with Crippen molar-refractivity contribution in [3.8, 4) is 22.4 Å². The molecule has 2 aromatic carbocycles. The summed E-state index contributed by atoms with van der Waals surface area (Å²) in [6, 6.07) is 19.9. The monoisotopic (exact) mass is 450 g/mol. The second kappa shape index (κ2) is 8.03. The van der Waals surface area contributed by atoms with Gasteiger partial charge in [-0.25, -0.2) is 4.98 Å². The van der Waals surface area contributed by atoms with Gasteiger partial charge in [0.1, 0.15) is 0 Å². The van der Waals surface area contributed by atoms with Crippen LogP contribution in [0.15, 0.2) is 54.7 Å². The minimum absolute atomic E-state index is 0.663. The van der Waals surface area contributed by atoms with E-state index < -0.39 is 0 Å². The van der Waals surface area contributed by atoms with Crippen LogP contribution in [0.4, 0.5) is 0 Å². The SMILES string of the molecule is Cc1ccc(-c2[nH]nc3ncc(-c4ccc5c(c4)CCC(N4C6COCC4C6)CC5)cc23)cc1. The molecule has 2 bridgehead atoms. The molecule has 3 atom stereocenters. The minimum Gasteiger partial charge on any atom is -0.378 e. The molecule has 34 heavy (non-hydrogen) atoms. The molecule has 2 aromatic heterocycles. The zero-order chi connectivity index (χ0) is 22.6. The lowest BCUT2D eigenvalue weighted by Crippen LogP contribution is -2.66. The maximum absolute atomic E-state index is 5.72. The summed E-state index contributed by atoms with van der Waals surface area (Å²) in [5.74, 6) is 0. The molecule has 3 unspecified atom stereocenters. The van der Waals surface area contributed by atoms with Gasteiger partial charge < -0.3 is 4.74 Å². The number of rotatable bonds is 3. The number of benzene rings is 2. The second-order valence-electron chi connectivity index (χ2n) is 10.3. The first-order valence-electron chi connectivity index (χ1n) is 12.6. The Morgan fingerprint density at radius 2 is 1.62 bits per heavy atom. The first-order chi connectivity index (χ1) is 16.7. The Bertz CT molecular complexity index is 1340. The summed E-state index contributed by atoms with van der Waals surface area (Å²) in [6.45, 7) is 3.97. The molecule has 0 spiro atoms. The fourth-order valence-corrected chi connectivity index (χ4v) is 6.33. The minimum atomic E-state index is 0.663. The van der Waals surface area contributed by atoms with Gasteiger partial charge in [0.15, 0.2) is 5.65 Å². The maximum atomic E-state index is 5.72. The maximum Gasteiger partial charge on any atom is 0.181 e. The number of ether oxygens (including phenoxy) is 1. The quantitative estimate of drug-likeness (QED) is 0.429. The molecule has 1 aliphatic carbocycles. The van der Waals surface area contributed by atoms with Crippen LogP contribution in [0.25, 0.3) is 33.4 Å². The van der Waals surface area contributed by atoms with Crippen molar-refractivity contribution < 1.29 is 4.74 Å². The average Bonchev–Trinajstić information content (AvgIpc) is 3.19. The normalized spacial score (nSPS) is 24.4. The summed E-state index contributed by atoms with van der Waals surface area (Å²) in [5.41, 5.74) is 9.62. The van der Waals surface area contributed by atoms with Gasteiger partial charge in [-0.05, 0) is 61.8 Å². The number of H-pyrrole nitrogens is 1. The summed E-state index contributed by atoms with van der Waals surface area (Å²) in [5, 5.41) is 8.72. The number of hydrogen-bond donors (Lipinski definition) is 1. The highest BCUT2D eigenvalue weighted by atomic mass is 16.5. The van der Waals surface area contributed by atoms with Crippen LogP contribution in [0.1, 0.15) is 36.0 Å². The molecule has 172 valence electrons. The van der Waals surface area contributed by atoms with E-state index >= 15 is 0 Å². The van der Waals surface area contributed by atoms with Crippen LogP contribution in [0, 0.1) is 6.92 Å². The van der Waals surface area contributed by atoms with Crippen LogP contribution >= 0.6 is 0 Å². The molecular formula is C29H30N4O. The fourth-order valence-electron chi connectivity index (χ4n) is 6.33. The number of hydrogen-bond acceptors (Lipinski definition) is 4. The van der Waals surface area contributed by atoms with Crippen LogP contribution in [0.3, 0.4) is 0 Å². The summed E-state index contributed by atoms with van der Waals surface area (Å²) >= 11 is 0. The van der Waals surface area contributed by atoms with Crippen molar-refractivity contribution in [2.24, 2.45) is 0 Å². The van der Waals surface area contributed by atoms with Crippen molar-refractivity contribution >= 4 is 11.0 Å². The number of nitrogens with one attached hydrogen (secondary N) is 1. The van der Waals surface area contributed by atoms with Crippen molar-refractivity contribution in [2.45, 2.75) is 57.2 Å². The first-order valence-corrected chi connectivity index (χ1v) is 12.6. The molecular weight excluding hydrogens is 420 g/mol. The topological polar surface area (TPSA) is 54.0 Å². The lowest BCUT2D eigenvalue weighted by molar-refractivity contribution is -0.148. The Labute approximate surface area is 200 Å². The van der Waals surface area contributed by atoms with Gasteiger partial charge in [0.25, 0.3) is 0 Å². The largest absolute Gasteiger partial charge is 0.378 e. The van der Waals surface area contributed by atoms with Crippen LogP contribution in [0.5, 0.6) is 0 Å². The van der Waals surface area contributed by atoms with Crippen molar-refractivity contribution in [3.05, 3.63) is 71.4 Å². The molecule has 4 heterocycles. The number of morpholine rings is 1. The van der Waals surface area contributed by atoms with E-state index in [2.05, 4.69) is 75.5 Å². The van der Waals surface area contributed by atoms with Crippen LogP contribution in [-0.4, -0.2) is 51.4 Å². The lowest BCUT2D eigenvalue weighted by atomic mass is 9.87. The molecule has 2 saturated heterocycles. The molecule has 2 fully saturated rings. The number of nitrogens with zero attached hydrogens (tertiary/aromatic N) is 3. The Hall–Kier alpha value is -3.02. The Morgan fingerprint density at radius 3 is 2.41 bits per heavy atom. The highest BCUT2D eigenvalue weighted by molar-refractivity contribution is 5.93. The van der Waals surface area contributed by atoms with E-state index in [1.54, 1.807) is 0 Å². The van der Waals surface area contributed by atoms with E-state index in [4.69, 9.17) is 4.74 Å². The van der Waals surface area contributed by atoms with Gasteiger partial charge in [-0.15, -0.1) is 0 Å². The number of aryl methyl sites for hydroxylation is 3. The fraction of sp³-hybridized carbons (Fsp3) is 0.379. The van der Waals surface area contributed by atoms with E-state index in [1.165, 1.54) is 47.9 Å². The second-order valence-corrected chi connectivity index (χ2v) is 10.3. The van der Waals surface area contributed by atoms with Gasteiger partial charge >= 0.3 is 0 Å². The standard InChI is InChI=1S/C29H30N4O/c1-18-2-4-20(5-3-18)28-27-13-23(15-30-29(27)32-31-28)22-7-6-19-8-10-24(11-9-21(19)12-22)33-25-14-26(33)17-34-16-25/h2-7,12-13,15,24-26H,8-11,14,16-17H2,1H3,(H,30,31,32). The predicted octanol–water partition coefficient (Wildman–Crippen LogP) is 5.32. The third kappa shape index (κ3) is 3.38. The Kier molecular flexibility index (Phi) is 4.81. The smallest absolute Gasteiger partial charge is 0.181 e. The Morgan fingerprint density at radius 1 is 0.853 bits per heavy atom. The highest BCUT2D eigenvalue weighted by Crippen LogP contribution is 2.38. The van der Waals surface area contributed by atoms with E-state index in [9.17, 15) is 0 Å². The molecule has 0 saturated carbocycles. The average molecular weight is 451 g/mol. The van der Waals surface area contributed by atoms with Crippen LogP contribution in [-0.2, 0) is 17.6 Å². The number of fused-ring (bicyclic) bond motifs is 4. The van der Waals surface area contributed by atoms with Gasteiger partial charge in [0.2, 0.25) is 0 Å². The highest BCUT2D eigenvalue weighted by Gasteiger charge is 2.45. The predicted molar refractivity (Wildman–Crippen MR) is 135 cm³/mol. The Balaban J connectivity index is 1.17. The molecule has 0 amide bonds. The summed E-state index contributed by atoms with van der Waals surface area (Å²) in [4.78, 5) is 7.45. The van der Waals surface area contributed by atoms with Gasteiger partial charge in [-0.1, -0.05) is 48.0 Å². The molecule has 5 heteroatoms. The summed E-state index contributed by atoms with van der Waals surface area (Å²) < 4.78 is 5.72. The van der Waals surface area contributed by atoms with Gasteiger partial charge in [-0.2, -0.15) is 5.10 Å². The van der Waals surface area contributed by atoms with Crippen molar-refractivity contribution in [1.29, 1.82) is 0 Å². The zero-order valence-corrected chi connectivity index (χ0v) is 19.6. The molecule has 3 aliphatic rings. The van der Waals surface area contributed by atoms with Crippen molar-refractivity contribution in [3.63, 3.8) is 0 Å². The molecule has 5 nitrogen and oxygen atoms in total. The number of pyridine rings is 1. The van der Waals surface area contributed by atoms with Crippen LogP contribution < -0.4 is 0 Å². The third-order valence-corrected chi connectivity index (χ3v) is 8.21. The third-order valence-electron chi connectivity index (χ3n) is 8.21. The zero-order valence-electron chi connectivity index (χ0n) is 19.6. The van der Waals surface area contributed by atoms with E-state index in [0.29, 0.717) is 18.1 Å². The van der Waals surface area contributed by atoms with E-state index in [-0.39, 0.29) is 0 Å².